The van der Waals surface area contributed by atoms with Crippen molar-refractivity contribution in [2.45, 2.75) is 63.3 Å². The second-order valence-corrected chi connectivity index (χ2v) is 11.6. The summed E-state index contributed by atoms with van der Waals surface area (Å²) in [6.07, 6.45) is 13.9. The van der Waals surface area contributed by atoms with Gasteiger partial charge < -0.3 is 10.6 Å². The summed E-state index contributed by atoms with van der Waals surface area (Å²) in [7, 11) is 0. The maximum absolute atomic E-state index is 13.4. The Morgan fingerprint density at radius 3 is 2.36 bits per heavy atom. The van der Waals surface area contributed by atoms with Gasteiger partial charge in [-0.1, -0.05) is 85.0 Å². The summed E-state index contributed by atoms with van der Waals surface area (Å²) in [4.78, 5) is 38.0. The molecule has 226 valence electrons. The number of aryl methyl sites for hydroxylation is 1. The van der Waals surface area contributed by atoms with E-state index in [1.165, 1.54) is 10.8 Å². The number of carbonyl (C=O) groups is 3. The number of carbonyl (C=O) groups excluding carboxylic acids is 3. The van der Waals surface area contributed by atoms with Gasteiger partial charge in [-0.3, -0.25) is 14.4 Å². The van der Waals surface area contributed by atoms with Gasteiger partial charge in [0.05, 0.1) is 18.2 Å². The number of hydrogen-bond donors (Lipinski definition) is 2. The molecule has 5 rings (SSSR count). The van der Waals surface area contributed by atoms with Gasteiger partial charge in [0, 0.05) is 23.1 Å². The predicted molar refractivity (Wildman–Crippen MR) is 177 cm³/mol. The van der Waals surface area contributed by atoms with Crippen LogP contribution >= 0.6 is 0 Å². The van der Waals surface area contributed by atoms with Gasteiger partial charge >= 0.3 is 0 Å². The van der Waals surface area contributed by atoms with Crippen LogP contribution in [-0.2, 0) is 21.5 Å². The minimum Gasteiger partial charge on any atom is -0.343 e. The Kier molecular flexibility index (Phi) is 10.4. The first-order valence-corrected chi connectivity index (χ1v) is 15.7. The molecule has 2 aliphatic carbocycles. The largest absolute Gasteiger partial charge is 0.343 e. The first-order valence-electron chi connectivity index (χ1n) is 15.7. The highest BCUT2D eigenvalue weighted by atomic mass is 16.2. The lowest BCUT2D eigenvalue weighted by Gasteiger charge is -2.20. The van der Waals surface area contributed by atoms with Crippen molar-refractivity contribution in [3.63, 3.8) is 0 Å². The lowest BCUT2D eigenvalue weighted by molar-refractivity contribution is -0.137. The van der Waals surface area contributed by atoms with E-state index in [2.05, 4.69) is 58.9 Å². The van der Waals surface area contributed by atoms with E-state index >= 15 is 0 Å². The van der Waals surface area contributed by atoms with E-state index in [1.54, 1.807) is 12.2 Å². The summed E-state index contributed by atoms with van der Waals surface area (Å²) in [5, 5.41) is 17.3. The van der Waals surface area contributed by atoms with Gasteiger partial charge in [-0.05, 0) is 91.1 Å². The summed E-state index contributed by atoms with van der Waals surface area (Å²) in [6.45, 7) is 0.0810. The summed E-state index contributed by atoms with van der Waals surface area (Å²) in [5.41, 5.74) is 3.89. The Bertz CT molecular complexity index is 1790. The Balaban J connectivity index is 1.05. The molecule has 0 radical (unpaired) electrons. The van der Waals surface area contributed by atoms with Crippen LogP contribution in [0.2, 0.25) is 0 Å². The molecular formula is C39H37N3O3. The van der Waals surface area contributed by atoms with Crippen LogP contribution in [-0.4, -0.2) is 24.1 Å². The lowest BCUT2D eigenvalue weighted by Crippen LogP contribution is -2.35. The fraction of sp³-hybridized carbons (Fsp3) is 0.282. The number of hydrogen-bond acceptors (Lipinski definition) is 4. The Labute approximate surface area is 264 Å². The van der Waals surface area contributed by atoms with Gasteiger partial charge in [0.1, 0.15) is 0 Å². The zero-order chi connectivity index (χ0) is 31.5. The fourth-order valence-corrected chi connectivity index (χ4v) is 5.57. The number of rotatable bonds is 11. The van der Waals surface area contributed by atoms with Crippen molar-refractivity contribution in [3.05, 3.63) is 119 Å². The number of unbranched alkanes of at least 4 members (excludes halogenated alkanes) is 2. The van der Waals surface area contributed by atoms with Crippen LogP contribution < -0.4 is 10.6 Å². The van der Waals surface area contributed by atoms with Crippen LogP contribution in [0.15, 0.2) is 102 Å². The van der Waals surface area contributed by atoms with Crippen molar-refractivity contribution in [1.29, 1.82) is 5.26 Å². The normalized spacial score (nSPS) is 17.8. The van der Waals surface area contributed by atoms with Gasteiger partial charge in [0.15, 0.2) is 0 Å². The topological polar surface area (TPSA) is 99.1 Å². The highest BCUT2D eigenvalue weighted by Crippen LogP contribution is 2.46. The monoisotopic (exact) mass is 595 g/mol. The Morgan fingerprint density at radius 2 is 1.56 bits per heavy atom. The molecule has 6 nitrogen and oxygen atoms in total. The molecule has 3 aromatic carbocycles. The number of fused-ring (bicyclic) bond motifs is 1. The highest BCUT2D eigenvalue weighted by molar-refractivity contribution is 6.36. The smallest absolute Gasteiger partial charge is 0.288 e. The number of allylic oxidation sites excluding steroid dienone is 6. The van der Waals surface area contributed by atoms with Crippen LogP contribution in [0, 0.1) is 23.2 Å². The predicted octanol–water partition coefficient (Wildman–Crippen LogP) is 6.78. The molecule has 3 aromatic rings. The van der Waals surface area contributed by atoms with Gasteiger partial charge in [0.2, 0.25) is 5.78 Å². The second kappa shape index (κ2) is 15.0. The van der Waals surface area contributed by atoms with Crippen molar-refractivity contribution < 1.29 is 14.4 Å². The van der Waals surface area contributed by atoms with E-state index in [1.807, 2.05) is 48.6 Å². The molecule has 0 unspecified atom stereocenters. The van der Waals surface area contributed by atoms with Crippen molar-refractivity contribution in [2.75, 3.05) is 6.54 Å². The lowest BCUT2D eigenvalue weighted by atomic mass is 9.97. The molecule has 0 atom stereocenters. The van der Waals surface area contributed by atoms with E-state index in [4.69, 9.17) is 5.26 Å². The van der Waals surface area contributed by atoms with E-state index < -0.39 is 11.7 Å². The Hall–Kier alpha value is -5.20. The third-order valence-electron chi connectivity index (χ3n) is 8.31. The molecule has 0 bridgehead atoms. The third kappa shape index (κ3) is 8.46. The van der Waals surface area contributed by atoms with Crippen molar-refractivity contribution in [3.8, 4) is 17.9 Å². The molecule has 2 aliphatic rings. The van der Waals surface area contributed by atoms with Crippen molar-refractivity contribution in [2.24, 2.45) is 0 Å². The van der Waals surface area contributed by atoms with E-state index in [0.717, 1.165) is 61.6 Å². The maximum Gasteiger partial charge on any atom is 0.288 e. The molecule has 6 heteroatoms. The van der Waals surface area contributed by atoms with E-state index in [9.17, 15) is 14.4 Å². The molecule has 0 saturated heterocycles. The first-order chi connectivity index (χ1) is 22.0. The number of nitriles is 1. The van der Waals surface area contributed by atoms with Gasteiger partial charge in [-0.25, -0.2) is 0 Å². The summed E-state index contributed by atoms with van der Waals surface area (Å²) >= 11 is 0. The zero-order valence-corrected chi connectivity index (χ0v) is 25.4. The van der Waals surface area contributed by atoms with Gasteiger partial charge in [-0.15, -0.1) is 0 Å². The minimum atomic E-state index is -0.622. The van der Waals surface area contributed by atoms with Crippen LogP contribution in [0.4, 0.5) is 0 Å². The summed E-state index contributed by atoms with van der Waals surface area (Å²) in [6, 6.07) is 24.5. The minimum absolute atomic E-state index is 0.0585. The number of ketones is 1. The average molecular weight is 596 g/mol. The fourth-order valence-electron chi connectivity index (χ4n) is 5.57. The first kappa shape index (κ1) is 31.2. The second-order valence-electron chi connectivity index (χ2n) is 11.6. The molecule has 2 N–H and O–H groups in total. The van der Waals surface area contributed by atoms with E-state index in [0.29, 0.717) is 17.6 Å². The van der Waals surface area contributed by atoms with Crippen molar-refractivity contribution >= 4 is 28.4 Å². The third-order valence-corrected chi connectivity index (χ3v) is 8.31. The molecular weight excluding hydrogens is 558 g/mol. The molecule has 1 fully saturated rings. The molecule has 1 saturated carbocycles. The molecule has 45 heavy (non-hydrogen) atoms. The summed E-state index contributed by atoms with van der Waals surface area (Å²) in [5.74, 6) is 4.73. The number of benzene rings is 3. The summed E-state index contributed by atoms with van der Waals surface area (Å²) < 4.78 is 0. The molecule has 0 aromatic heterocycles. The number of nitrogens with one attached hydrogen (secondary N) is 2. The van der Waals surface area contributed by atoms with Crippen LogP contribution in [0.3, 0.4) is 0 Å². The quantitative estimate of drug-likeness (QED) is 0.145. The Morgan fingerprint density at radius 1 is 0.822 bits per heavy atom. The average Bonchev–Trinajstić information content (AvgIpc) is 3.84. The maximum atomic E-state index is 13.4. The standard InChI is InChI=1S/C39H37N3O3/c40-28-30-12-5-4-11-29(20-21-30)13-10-26-41-38(45)36(43)19-3-1-2-15-32-16-8-9-18-35(32)37(44)42-39(24-25-39)34-23-22-31-14-6-7-17-33(31)27-34/h6-9,11-12,14,16-18,20-23,27H,1-5,15,19,24-26H2,(H,41,45)(H,42,44)/b21-20-,29-11+,30-12+. The van der Waals surface area contributed by atoms with Crippen LogP contribution in [0.1, 0.15) is 72.9 Å². The van der Waals surface area contributed by atoms with Crippen LogP contribution in [0.25, 0.3) is 10.8 Å². The molecule has 0 aliphatic heterocycles. The highest BCUT2D eigenvalue weighted by Gasteiger charge is 2.46. The van der Waals surface area contributed by atoms with Crippen LogP contribution in [0.5, 0.6) is 0 Å². The molecule has 2 amide bonds. The number of amides is 2. The SMILES string of the molecule is N#CC1=C/CC/C=C(C#CCNC(=O)C(=O)CCCCCc2ccccc2C(=O)NC2(c3ccc4ccccc4c3)CC2)/C=C\1. The van der Waals surface area contributed by atoms with Crippen molar-refractivity contribution in [1.82, 2.24) is 10.6 Å². The molecule has 0 spiro atoms. The number of nitrogens with zero attached hydrogens (tertiary/aromatic N) is 1. The molecule has 0 heterocycles. The number of Topliss-reactive ketones (excluding diaryl/α,β-unsaturated/α-hetero) is 1. The van der Waals surface area contributed by atoms with Gasteiger partial charge in [0.25, 0.3) is 11.8 Å². The van der Waals surface area contributed by atoms with Gasteiger partial charge in [-0.2, -0.15) is 5.26 Å². The van der Waals surface area contributed by atoms with E-state index in [-0.39, 0.29) is 24.4 Å². The zero-order valence-electron chi connectivity index (χ0n) is 25.4.